The number of hydrogen-bond acceptors (Lipinski definition) is 2. The minimum Gasteiger partial charge on any atom is -0.365 e. The predicted octanol–water partition coefficient (Wildman–Crippen LogP) is 4.49. The lowest BCUT2D eigenvalue weighted by Crippen LogP contribution is -2.21. The Balaban J connectivity index is 2.11. The van der Waals surface area contributed by atoms with Gasteiger partial charge >= 0.3 is 0 Å². The van der Waals surface area contributed by atoms with Gasteiger partial charge in [0, 0.05) is 11.0 Å². The third-order valence-electron chi connectivity index (χ3n) is 3.27. The topological polar surface area (TPSA) is 21.3 Å². The third kappa shape index (κ3) is 4.17. The molecule has 0 radical (unpaired) electrons. The van der Waals surface area contributed by atoms with Gasteiger partial charge < -0.3 is 10.1 Å². The first-order valence-electron chi connectivity index (χ1n) is 6.81. The molecule has 0 fully saturated rings. The summed E-state index contributed by atoms with van der Waals surface area (Å²) in [5.41, 5.74) is 2.39. The van der Waals surface area contributed by atoms with E-state index in [0.29, 0.717) is 0 Å². The highest BCUT2D eigenvalue weighted by Gasteiger charge is 2.16. The molecule has 0 heterocycles. The molecule has 2 atom stereocenters. The Morgan fingerprint density at radius 1 is 1.00 bits per heavy atom. The van der Waals surface area contributed by atoms with Gasteiger partial charge in [-0.25, -0.2) is 0 Å². The molecule has 106 valence electrons. The summed E-state index contributed by atoms with van der Waals surface area (Å²) in [6.07, 6.45) is 0.113. The van der Waals surface area contributed by atoms with Crippen LogP contribution in [0.2, 0.25) is 0 Å². The molecule has 20 heavy (non-hydrogen) atoms. The van der Waals surface area contributed by atoms with Gasteiger partial charge in [-0.3, -0.25) is 0 Å². The Morgan fingerprint density at radius 2 is 1.65 bits per heavy atom. The second-order valence-electron chi connectivity index (χ2n) is 4.79. The van der Waals surface area contributed by atoms with Gasteiger partial charge in [0.25, 0.3) is 0 Å². The maximum absolute atomic E-state index is 6.23. The Bertz CT molecular complexity index is 512. The van der Waals surface area contributed by atoms with Crippen LogP contribution in [0.15, 0.2) is 59.1 Å². The second-order valence-corrected chi connectivity index (χ2v) is 5.70. The van der Waals surface area contributed by atoms with Crippen LogP contribution in [0, 0.1) is 0 Å². The molecule has 2 nitrogen and oxygen atoms in total. The Labute approximate surface area is 129 Å². The van der Waals surface area contributed by atoms with Gasteiger partial charge in [-0.2, -0.15) is 0 Å². The molecule has 0 aliphatic rings. The Morgan fingerprint density at radius 3 is 2.25 bits per heavy atom. The van der Waals surface area contributed by atoms with Crippen LogP contribution in [-0.4, -0.2) is 13.6 Å². The number of hydrogen-bond donors (Lipinski definition) is 1. The fourth-order valence-corrected chi connectivity index (χ4v) is 2.42. The molecule has 0 aliphatic carbocycles. The quantitative estimate of drug-likeness (QED) is 0.841. The molecule has 0 aromatic heterocycles. The van der Waals surface area contributed by atoms with Crippen molar-refractivity contribution in [1.82, 2.24) is 5.32 Å². The van der Waals surface area contributed by atoms with Crippen LogP contribution in [0.5, 0.6) is 0 Å². The predicted molar refractivity (Wildman–Crippen MR) is 86.8 cm³/mol. The standard InChI is InChI=1S/C17H20BrNO/c1-13(14-6-4-3-5-7-14)20-17(12-19-2)15-8-10-16(18)11-9-15/h3-11,13,17,19H,12H2,1-2H3. The van der Waals surface area contributed by atoms with Crippen LogP contribution >= 0.6 is 15.9 Å². The summed E-state index contributed by atoms with van der Waals surface area (Å²) in [4.78, 5) is 0. The van der Waals surface area contributed by atoms with E-state index in [1.54, 1.807) is 0 Å². The highest BCUT2D eigenvalue weighted by atomic mass is 79.9. The number of likely N-dealkylation sites (N-methyl/N-ethyl adjacent to an activating group) is 1. The van der Waals surface area contributed by atoms with Crippen LogP contribution in [0.25, 0.3) is 0 Å². The van der Waals surface area contributed by atoms with Crippen molar-refractivity contribution in [3.05, 3.63) is 70.2 Å². The van der Waals surface area contributed by atoms with Gasteiger partial charge in [-0.15, -0.1) is 0 Å². The highest BCUT2D eigenvalue weighted by Crippen LogP contribution is 2.27. The first kappa shape index (κ1) is 15.2. The summed E-state index contributed by atoms with van der Waals surface area (Å²) in [6, 6.07) is 18.6. The minimum atomic E-state index is 0.0447. The average molecular weight is 334 g/mol. The first-order valence-corrected chi connectivity index (χ1v) is 7.60. The number of ether oxygens (including phenoxy) is 1. The molecule has 1 N–H and O–H groups in total. The molecular formula is C17H20BrNO. The van der Waals surface area contributed by atoms with Crippen molar-refractivity contribution in [3.63, 3.8) is 0 Å². The number of benzene rings is 2. The molecule has 2 aromatic rings. The highest BCUT2D eigenvalue weighted by molar-refractivity contribution is 9.10. The van der Waals surface area contributed by atoms with E-state index < -0.39 is 0 Å². The average Bonchev–Trinajstić information content (AvgIpc) is 2.48. The summed E-state index contributed by atoms with van der Waals surface area (Å²) in [5, 5.41) is 3.20. The van der Waals surface area contributed by atoms with E-state index in [2.05, 4.69) is 64.6 Å². The van der Waals surface area contributed by atoms with Gasteiger partial charge in [0.2, 0.25) is 0 Å². The van der Waals surface area contributed by atoms with E-state index in [-0.39, 0.29) is 12.2 Å². The molecule has 2 rings (SSSR count). The molecule has 0 amide bonds. The maximum Gasteiger partial charge on any atom is 0.0957 e. The zero-order chi connectivity index (χ0) is 14.4. The Kier molecular flexibility index (Phi) is 5.77. The summed E-state index contributed by atoms with van der Waals surface area (Å²) in [5.74, 6) is 0. The normalized spacial score (nSPS) is 13.9. The number of nitrogens with one attached hydrogen (secondary N) is 1. The van der Waals surface area contributed by atoms with Crippen LogP contribution < -0.4 is 5.32 Å². The van der Waals surface area contributed by atoms with E-state index in [1.165, 1.54) is 11.1 Å². The van der Waals surface area contributed by atoms with Crippen LogP contribution in [-0.2, 0) is 4.74 Å². The lowest BCUT2D eigenvalue weighted by Gasteiger charge is -2.23. The SMILES string of the molecule is CNCC(OC(C)c1ccccc1)c1ccc(Br)cc1. The van der Waals surface area contributed by atoms with E-state index >= 15 is 0 Å². The van der Waals surface area contributed by atoms with E-state index in [0.717, 1.165) is 11.0 Å². The van der Waals surface area contributed by atoms with Crippen LogP contribution in [0.1, 0.15) is 30.3 Å². The summed E-state index contributed by atoms with van der Waals surface area (Å²) < 4.78 is 7.31. The molecule has 0 spiro atoms. The maximum atomic E-state index is 6.23. The van der Waals surface area contributed by atoms with Crippen molar-refractivity contribution in [1.29, 1.82) is 0 Å². The molecule has 0 saturated carbocycles. The van der Waals surface area contributed by atoms with Gasteiger partial charge in [-0.1, -0.05) is 58.4 Å². The molecule has 2 aromatic carbocycles. The van der Waals surface area contributed by atoms with Crippen molar-refractivity contribution < 1.29 is 4.74 Å². The smallest absolute Gasteiger partial charge is 0.0957 e. The Hall–Kier alpha value is -1.16. The summed E-state index contributed by atoms with van der Waals surface area (Å²) in [6.45, 7) is 2.88. The summed E-state index contributed by atoms with van der Waals surface area (Å²) in [7, 11) is 1.95. The van der Waals surface area contributed by atoms with Gasteiger partial charge in [-0.05, 0) is 37.2 Å². The zero-order valence-corrected chi connectivity index (χ0v) is 13.4. The molecule has 0 aliphatic heterocycles. The lowest BCUT2D eigenvalue weighted by molar-refractivity contribution is -0.00341. The lowest BCUT2D eigenvalue weighted by atomic mass is 10.1. The second kappa shape index (κ2) is 7.58. The van der Waals surface area contributed by atoms with Crippen molar-refractivity contribution in [2.75, 3.05) is 13.6 Å². The molecule has 3 heteroatoms. The van der Waals surface area contributed by atoms with Gasteiger partial charge in [0.05, 0.1) is 12.2 Å². The molecule has 0 saturated heterocycles. The minimum absolute atomic E-state index is 0.0447. The van der Waals surface area contributed by atoms with Gasteiger partial charge in [0.15, 0.2) is 0 Å². The zero-order valence-electron chi connectivity index (χ0n) is 11.8. The van der Waals surface area contributed by atoms with Crippen LogP contribution in [0.4, 0.5) is 0 Å². The molecule has 2 unspecified atom stereocenters. The fraction of sp³-hybridized carbons (Fsp3) is 0.294. The molecular weight excluding hydrogens is 314 g/mol. The van der Waals surface area contributed by atoms with Gasteiger partial charge in [0.1, 0.15) is 0 Å². The van der Waals surface area contributed by atoms with Crippen molar-refractivity contribution in [2.24, 2.45) is 0 Å². The van der Waals surface area contributed by atoms with E-state index in [4.69, 9.17) is 4.74 Å². The van der Waals surface area contributed by atoms with E-state index in [9.17, 15) is 0 Å². The van der Waals surface area contributed by atoms with E-state index in [1.807, 2.05) is 25.2 Å². The number of halogens is 1. The van der Waals surface area contributed by atoms with Crippen LogP contribution in [0.3, 0.4) is 0 Å². The molecule has 0 bridgehead atoms. The number of rotatable bonds is 6. The van der Waals surface area contributed by atoms with Crippen molar-refractivity contribution in [3.8, 4) is 0 Å². The monoisotopic (exact) mass is 333 g/mol. The largest absolute Gasteiger partial charge is 0.365 e. The summed E-state index contributed by atoms with van der Waals surface area (Å²) >= 11 is 3.46. The third-order valence-corrected chi connectivity index (χ3v) is 3.80. The van der Waals surface area contributed by atoms with Crippen molar-refractivity contribution in [2.45, 2.75) is 19.1 Å². The first-order chi connectivity index (χ1) is 9.70. The fourth-order valence-electron chi connectivity index (χ4n) is 2.16. The van der Waals surface area contributed by atoms with Crippen molar-refractivity contribution >= 4 is 15.9 Å².